The number of nitrogens with zero attached hydrogens (tertiary/aromatic N) is 2. The van der Waals surface area contributed by atoms with E-state index in [-0.39, 0.29) is 0 Å². The van der Waals surface area contributed by atoms with Crippen molar-refractivity contribution in [2.75, 3.05) is 5.32 Å². The molecule has 0 unspecified atom stereocenters. The minimum atomic E-state index is -0.396. The van der Waals surface area contributed by atoms with Crippen LogP contribution in [-0.2, 0) is 0 Å². The highest BCUT2D eigenvalue weighted by molar-refractivity contribution is 5.44. The molecular weight excluding hydrogens is 174 g/mol. The van der Waals surface area contributed by atoms with Crippen LogP contribution in [0.4, 0.5) is 5.82 Å². The molecule has 0 spiro atoms. The van der Waals surface area contributed by atoms with Crippen molar-refractivity contribution in [3.05, 3.63) is 17.6 Å². The molecule has 3 heteroatoms. The van der Waals surface area contributed by atoms with Crippen molar-refractivity contribution in [2.45, 2.75) is 33.2 Å². The van der Waals surface area contributed by atoms with Crippen LogP contribution in [-0.4, -0.2) is 15.5 Å². The molecule has 1 aromatic rings. The number of terminal acetylenes is 1. The van der Waals surface area contributed by atoms with E-state index in [1.807, 2.05) is 27.7 Å². The number of hydrogen-bond acceptors (Lipinski definition) is 3. The first-order valence-electron chi connectivity index (χ1n) is 4.51. The third-order valence-corrected chi connectivity index (χ3v) is 1.87. The summed E-state index contributed by atoms with van der Waals surface area (Å²) in [6.07, 6.45) is 7.12. The molecule has 74 valence electrons. The second kappa shape index (κ2) is 3.67. The van der Waals surface area contributed by atoms with Gasteiger partial charge in [-0.3, -0.25) is 4.98 Å². The monoisotopic (exact) mass is 189 g/mol. The van der Waals surface area contributed by atoms with Crippen LogP contribution in [0.3, 0.4) is 0 Å². The Morgan fingerprint density at radius 2 is 2.07 bits per heavy atom. The van der Waals surface area contributed by atoms with Crippen molar-refractivity contribution in [3.8, 4) is 12.3 Å². The predicted molar refractivity (Wildman–Crippen MR) is 58.0 cm³/mol. The highest BCUT2D eigenvalue weighted by atomic mass is 15.1. The molecule has 0 atom stereocenters. The third-order valence-electron chi connectivity index (χ3n) is 1.87. The molecule has 0 radical (unpaired) electrons. The summed E-state index contributed by atoms with van der Waals surface area (Å²) >= 11 is 0. The lowest BCUT2D eigenvalue weighted by atomic mass is 10.1. The highest BCUT2D eigenvalue weighted by Gasteiger charge is 2.15. The molecular formula is C11H15N3. The van der Waals surface area contributed by atoms with Crippen molar-refractivity contribution in [1.29, 1.82) is 0 Å². The molecule has 0 fully saturated rings. The lowest BCUT2D eigenvalue weighted by Gasteiger charge is -2.21. The molecule has 1 rings (SSSR count). The molecule has 1 N–H and O–H groups in total. The molecule has 3 nitrogen and oxygen atoms in total. The zero-order valence-corrected chi connectivity index (χ0v) is 9.05. The first kappa shape index (κ1) is 10.5. The molecule has 0 saturated heterocycles. The van der Waals surface area contributed by atoms with Gasteiger partial charge in [0.15, 0.2) is 0 Å². The molecule has 0 amide bonds. The largest absolute Gasteiger partial charge is 0.353 e. The molecule has 0 aliphatic heterocycles. The normalized spacial score (nSPS) is 10.8. The van der Waals surface area contributed by atoms with E-state index in [1.165, 1.54) is 0 Å². The van der Waals surface area contributed by atoms with Gasteiger partial charge in [-0.05, 0) is 27.7 Å². The van der Waals surface area contributed by atoms with Crippen molar-refractivity contribution in [2.24, 2.45) is 0 Å². The van der Waals surface area contributed by atoms with E-state index >= 15 is 0 Å². The van der Waals surface area contributed by atoms with Crippen LogP contribution in [0.2, 0.25) is 0 Å². The quantitative estimate of drug-likeness (QED) is 0.722. The molecule has 0 bridgehead atoms. The number of rotatable bonds is 2. The molecule has 0 aromatic carbocycles. The second-order valence-electron chi connectivity index (χ2n) is 3.84. The van der Waals surface area contributed by atoms with Crippen molar-refractivity contribution in [1.82, 2.24) is 9.97 Å². The number of aryl methyl sites for hydroxylation is 2. The SMILES string of the molecule is C#CC(C)(C)Nc1nc(C)cnc1C. The predicted octanol–water partition coefficient (Wildman–Crippen LogP) is 1.92. The summed E-state index contributed by atoms with van der Waals surface area (Å²) in [4.78, 5) is 8.54. The standard InChI is InChI=1S/C11H15N3/c1-6-11(4,5)14-10-9(3)12-7-8(2)13-10/h1,7H,2-5H3,(H,13,14). The highest BCUT2D eigenvalue weighted by Crippen LogP contribution is 2.14. The van der Waals surface area contributed by atoms with Gasteiger partial charge >= 0.3 is 0 Å². The average Bonchev–Trinajstić information content (AvgIpc) is 2.11. The van der Waals surface area contributed by atoms with Gasteiger partial charge in [0, 0.05) is 6.20 Å². The van der Waals surface area contributed by atoms with Crippen LogP contribution in [0.15, 0.2) is 6.20 Å². The first-order valence-corrected chi connectivity index (χ1v) is 4.51. The Hall–Kier alpha value is -1.56. The van der Waals surface area contributed by atoms with Gasteiger partial charge in [-0.15, -0.1) is 6.42 Å². The lowest BCUT2D eigenvalue weighted by Crippen LogP contribution is -2.29. The minimum absolute atomic E-state index is 0.396. The fourth-order valence-electron chi connectivity index (χ4n) is 0.988. The number of anilines is 1. The molecule has 0 saturated carbocycles. The maximum absolute atomic E-state index is 5.38. The van der Waals surface area contributed by atoms with Gasteiger partial charge in [-0.1, -0.05) is 5.92 Å². The number of hydrogen-bond donors (Lipinski definition) is 1. The Kier molecular flexibility index (Phi) is 2.76. The van der Waals surface area contributed by atoms with Crippen molar-refractivity contribution < 1.29 is 0 Å². The van der Waals surface area contributed by atoms with E-state index in [4.69, 9.17) is 6.42 Å². The van der Waals surface area contributed by atoms with Gasteiger partial charge < -0.3 is 5.32 Å². The average molecular weight is 189 g/mol. The Morgan fingerprint density at radius 1 is 1.43 bits per heavy atom. The fourth-order valence-corrected chi connectivity index (χ4v) is 0.988. The summed E-state index contributed by atoms with van der Waals surface area (Å²) in [5.41, 5.74) is 1.34. The fraction of sp³-hybridized carbons (Fsp3) is 0.455. The molecule has 1 aromatic heterocycles. The van der Waals surface area contributed by atoms with Crippen LogP contribution in [0, 0.1) is 26.2 Å². The first-order chi connectivity index (χ1) is 6.44. The summed E-state index contributed by atoms with van der Waals surface area (Å²) in [7, 11) is 0. The van der Waals surface area contributed by atoms with Gasteiger partial charge in [0.2, 0.25) is 0 Å². The summed E-state index contributed by atoms with van der Waals surface area (Å²) in [5.74, 6) is 3.41. The molecule has 0 aliphatic carbocycles. The Bertz CT molecular complexity index is 375. The molecule has 0 aliphatic rings. The van der Waals surface area contributed by atoms with E-state index in [0.29, 0.717) is 0 Å². The van der Waals surface area contributed by atoms with Crippen molar-refractivity contribution in [3.63, 3.8) is 0 Å². The van der Waals surface area contributed by atoms with Gasteiger partial charge in [-0.2, -0.15) is 0 Å². The molecule has 14 heavy (non-hydrogen) atoms. The van der Waals surface area contributed by atoms with Crippen LogP contribution in [0.1, 0.15) is 25.2 Å². The summed E-state index contributed by atoms with van der Waals surface area (Å²) in [6, 6.07) is 0. The van der Waals surface area contributed by atoms with Crippen LogP contribution < -0.4 is 5.32 Å². The second-order valence-corrected chi connectivity index (χ2v) is 3.84. The Balaban J connectivity index is 2.98. The van der Waals surface area contributed by atoms with Gasteiger partial charge in [0.1, 0.15) is 5.82 Å². The topological polar surface area (TPSA) is 37.8 Å². The van der Waals surface area contributed by atoms with E-state index < -0.39 is 5.54 Å². The summed E-state index contributed by atoms with van der Waals surface area (Å²) in [6.45, 7) is 7.66. The molecule has 1 heterocycles. The summed E-state index contributed by atoms with van der Waals surface area (Å²) < 4.78 is 0. The van der Waals surface area contributed by atoms with Gasteiger partial charge in [-0.25, -0.2) is 4.98 Å². The lowest BCUT2D eigenvalue weighted by molar-refractivity contribution is 0.731. The zero-order valence-electron chi connectivity index (χ0n) is 9.05. The van der Waals surface area contributed by atoms with Crippen molar-refractivity contribution >= 4 is 5.82 Å². The van der Waals surface area contributed by atoms with E-state index in [2.05, 4.69) is 21.2 Å². The smallest absolute Gasteiger partial charge is 0.148 e. The minimum Gasteiger partial charge on any atom is -0.353 e. The maximum atomic E-state index is 5.38. The van der Waals surface area contributed by atoms with E-state index in [1.54, 1.807) is 6.20 Å². The Labute approximate surface area is 85.0 Å². The Morgan fingerprint density at radius 3 is 2.64 bits per heavy atom. The zero-order chi connectivity index (χ0) is 10.8. The van der Waals surface area contributed by atoms with Crippen LogP contribution in [0.5, 0.6) is 0 Å². The third kappa shape index (κ3) is 2.46. The van der Waals surface area contributed by atoms with Gasteiger partial charge in [0.05, 0.1) is 16.9 Å². The van der Waals surface area contributed by atoms with E-state index in [0.717, 1.165) is 17.2 Å². The van der Waals surface area contributed by atoms with E-state index in [9.17, 15) is 0 Å². The van der Waals surface area contributed by atoms with Gasteiger partial charge in [0.25, 0.3) is 0 Å². The maximum Gasteiger partial charge on any atom is 0.148 e. The van der Waals surface area contributed by atoms with Crippen LogP contribution in [0.25, 0.3) is 0 Å². The summed E-state index contributed by atoms with van der Waals surface area (Å²) in [5, 5.41) is 3.17. The number of aromatic nitrogens is 2. The number of nitrogens with one attached hydrogen (secondary N) is 1. The van der Waals surface area contributed by atoms with Crippen LogP contribution >= 0.6 is 0 Å².